The van der Waals surface area contributed by atoms with Gasteiger partial charge in [0.15, 0.2) is 0 Å². The van der Waals surface area contributed by atoms with Gasteiger partial charge >= 0.3 is 29.6 Å². The van der Waals surface area contributed by atoms with E-state index >= 15 is 0 Å². The largest absolute Gasteiger partial charge is 1.00 e. The average Bonchev–Trinajstić information content (AvgIpc) is 2.80. The molecule has 1 N–H and O–H groups in total. The summed E-state index contributed by atoms with van der Waals surface area (Å²) in [6, 6.07) is 21.5. The van der Waals surface area contributed by atoms with Crippen LogP contribution in [0, 0.1) is 0 Å². The van der Waals surface area contributed by atoms with Crippen LogP contribution in [0.2, 0.25) is 0 Å². The molecule has 1 aliphatic carbocycles. The zero-order valence-electron chi connectivity index (χ0n) is 19.2. The fourth-order valence-electron chi connectivity index (χ4n) is 3.63. The van der Waals surface area contributed by atoms with Crippen molar-refractivity contribution >= 4 is 5.97 Å². The Morgan fingerprint density at radius 3 is 1.94 bits per heavy atom. The van der Waals surface area contributed by atoms with E-state index in [1.807, 2.05) is 0 Å². The van der Waals surface area contributed by atoms with Crippen molar-refractivity contribution in [3.8, 4) is 0 Å². The van der Waals surface area contributed by atoms with Gasteiger partial charge in [-0.25, -0.2) is 0 Å². The minimum atomic E-state index is -1.28. The number of carboxylic acid groups (broad SMARTS) is 1. The van der Waals surface area contributed by atoms with E-state index < -0.39 is 5.97 Å². The minimum Gasteiger partial charge on any atom is -0.545 e. The predicted octanol–water partition coefficient (Wildman–Crippen LogP) is 0.327. The van der Waals surface area contributed by atoms with Gasteiger partial charge in [0.05, 0.1) is 25.3 Å². The molecule has 168 valence electrons. The second-order valence-corrected chi connectivity index (χ2v) is 7.72. The molecule has 5 nitrogen and oxygen atoms in total. The van der Waals surface area contributed by atoms with Crippen molar-refractivity contribution in [1.82, 2.24) is 4.90 Å². The number of rotatable bonds is 10. The number of carboxylic acids is 1. The molecule has 1 fully saturated rings. The zero-order valence-corrected chi connectivity index (χ0v) is 21.2. The smallest absolute Gasteiger partial charge is 0.545 e. The summed E-state index contributed by atoms with van der Waals surface area (Å²) in [7, 11) is 0. The molecule has 0 radical (unpaired) electrons. The van der Waals surface area contributed by atoms with Gasteiger partial charge in [-0.15, -0.1) is 0 Å². The Balaban J connectivity index is 0.000000558. The summed E-state index contributed by atoms with van der Waals surface area (Å²) < 4.78 is 6.15. The van der Waals surface area contributed by atoms with Crippen LogP contribution in [0.15, 0.2) is 72.8 Å². The van der Waals surface area contributed by atoms with Crippen molar-refractivity contribution < 1.29 is 49.3 Å². The Kier molecular flexibility index (Phi) is 16.1. The number of aliphatic hydroxyl groups is 1. The normalized spacial score (nSPS) is 13.9. The van der Waals surface area contributed by atoms with Gasteiger partial charge in [-0.1, -0.05) is 86.0 Å². The first-order valence-corrected chi connectivity index (χ1v) is 11.1. The van der Waals surface area contributed by atoms with Crippen LogP contribution >= 0.6 is 0 Å². The molecule has 0 saturated heterocycles. The third-order valence-electron chi connectivity index (χ3n) is 5.17. The Hall–Kier alpha value is -1.47. The Morgan fingerprint density at radius 2 is 1.50 bits per heavy atom. The maximum atomic E-state index is 9.45. The Morgan fingerprint density at radius 1 is 0.969 bits per heavy atom. The molecule has 6 heteroatoms. The van der Waals surface area contributed by atoms with Crippen molar-refractivity contribution in [3.63, 3.8) is 0 Å². The van der Waals surface area contributed by atoms with E-state index in [1.54, 1.807) is 0 Å². The molecule has 1 aliphatic rings. The average molecular weight is 448 g/mol. The van der Waals surface area contributed by atoms with Gasteiger partial charge in [0.1, 0.15) is 0 Å². The first-order chi connectivity index (χ1) is 15.2. The number of aliphatic carboxylic acids is 1. The molecule has 3 rings (SSSR count). The van der Waals surface area contributed by atoms with Gasteiger partial charge in [-0.2, -0.15) is 0 Å². The molecule has 0 unspecified atom stereocenters. The molecule has 1 saturated carbocycles. The van der Waals surface area contributed by atoms with E-state index in [9.17, 15) is 9.90 Å². The van der Waals surface area contributed by atoms with Gasteiger partial charge in [0.25, 0.3) is 0 Å². The van der Waals surface area contributed by atoms with Crippen LogP contribution in [-0.2, 0) is 22.6 Å². The molecular formula is C26H34NNaO4. The molecule has 2 aromatic rings. The number of carbonyl (C=O) groups is 1. The third-order valence-corrected chi connectivity index (χ3v) is 5.17. The second-order valence-electron chi connectivity index (χ2n) is 7.72. The summed E-state index contributed by atoms with van der Waals surface area (Å²) in [6.45, 7) is 3.52. The number of benzene rings is 2. The maximum absolute atomic E-state index is 9.45. The molecule has 0 spiro atoms. The van der Waals surface area contributed by atoms with Gasteiger partial charge in [-0.3, -0.25) is 4.90 Å². The van der Waals surface area contributed by atoms with Crippen LogP contribution in [0.3, 0.4) is 0 Å². The molecule has 0 aliphatic heterocycles. The van der Waals surface area contributed by atoms with E-state index in [4.69, 9.17) is 9.84 Å². The number of carbonyl (C=O) groups excluding carboxylic acids is 1. The number of ether oxygens (including phenoxy) is 1. The van der Waals surface area contributed by atoms with Crippen molar-refractivity contribution in [1.29, 1.82) is 0 Å². The van der Waals surface area contributed by atoms with E-state index in [0.717, 1.165) is 38.4 Å². The number of aliphatic hydroxyl groups excluding tert-OH is 1. The number of hydrogen-bond donors (Lipinski definition) is 1. The molecule has 0 aromatic heterocycles. The number of hydrogen-bond acceptors (Lipinski definition) is 5. The van der Waals surface area contributed by atoms with Crippen molar-refractivity contribution in [3.05, 3.63) is 83.9 Å². The van der Waals surface area contributed by atoms with E-state index in [1.165, 1.54) is 43.2 Å². The van der Waals surface area contributed by atoms with Crippen LogP contribution in [0.5, 0.6) is 0 Å². The monoisotopic (exact) mass is 447 g/mol. The fraction of sp³-hybridized carbons (Fsp3) is 0.423. The Labute approximate surface area is 214 Å². The van der Waals surface area contributed by atoms with E-state index in [-0.39, 0.29) is 36.2 Å². The van der Waals surface area contributed by atoms with Gasteiger partial charge in [-0.05, 0) is 30.0 Å². The second kappa shape index (κ2) is 18.0. The molecule has 32 heavy (non-hydrogen) atoms. The minimum absolute atomic E-state index is 0. The Bertz CT molecular complexity index is 707. The summed E-state index contributed by atoms with van der Waals surface area (Å²) in [5.41, 5.74) is 2.73. The summed E-state index contributed by atoms with van der Waals surface area (Å²) in [6.07, 6.45) is 8.91. The number of nitrogens with zero attached hydrogens (tertiary/aromatic N) is 1. The SMILES string of the molecule is O=C([O-])/C=C/CO.[Na+].c1ccc(CN(CCOC2CCCCC2)Cc2ccccc2)cc1. The van der Waals surface area contributed by atoms with Crippen molar-refractivity contribution in [2.24, 2.45) is 0 Å². The molecule has 0 amide bonds. The van der Waals surface area contributed by atoms with E-state index in [2.05, 4.69) is 65.6 Å². The van der Waals surface area contributed by atoms with Crippen LogP contribution in [0.4, 0.5) is 0 Å². The molecular weight excluding hydrogens is 413 g/mol. The van der Waals surface area contributed by atoms with Crippen LogP contribution in [0.25, 0.3) is 0 Å². The molecule has 2 aromatic carbocycles. The first-order valence-electron chi connectivity index (χ1n) is 11.1. The van der Waals surface area contributed by atoms with Gasteiger partial charge in [0.2, 0.25) is 0 Å². The predicted molar refractivity (Wildman–Crippen MR) is 121 cm³/mol. The van der Waals surface area contributed by atoms with Gasteiger partial charge in [0, 0.05) is 19.6 Å². The van der Waals surface area contributed by atoms with E-state index in [0.29, 0.717) is 6.10 Å². The quantitative estimate of drug-likeness (QED) is 0.420. The summed E-state index contributed by atoms with van der Waals surface area (Å²) >= 11 is 0. The first kappa shape index (κ1) is 28.6. The van der Waals surface area contributed by atoms with Crippen molar-refractivity contribution in [2.45, 2.75) is 51.3 Å². The zero-order chi connectivity index (χ0) is 22.2. The summed E-state index contributed by atoms with van der Waals surface area (Å²) in [4.78, 5) is 11.9. The standard InChI is InChI=1S/C22H29NO.C4H6O3.Na/c1-4-10-20(11-5-1)18-23(19-21-12-6-2-7-13-21)16-17-24-22-14-8-3-9-15-22;5-3-1-2-4(6)7;/h1-2,4-7,10-13,22H,3,8-9,14-19H2;1-2,5H,3H2,(H,6,7);/q;;+1/p-1/b;2-1+;. The molecule has 0 bridgehead atoms. The van der Waals surface area contributed by atoms with Gasteiger partial charge < -0.3 is 19.7 Å². The summed E-state index contributed by atoms with van der Waals surface area (Å²) in [5.74, 6) is -1.28. The fourth-order valence-corrected chi connectivity index (χ4v) is 3.63. The van der Waals surface area contributed by atoms with Crippen molar-refractivity contribution in [2.75, 3.05) is 19.8 Å². The molecule has 0 heterocycles. The third kappa shape index (κ3) is 13.2. The van der Waals surface area contributed by atoms with Crippen LogP contribution in [0.1, 0.15) is 43.2 Å². The van der Waals surface area contributed by atoms with Crippen LogP contribution < -0.4 is 34.7 Å². The summed E-state index contributed by atoms with van der Waals surface area (Å²) in [5, 5.41) is 17.4. The van der Waals surface area contributed by atoms with Crippen LogP contribution in [-0.4, -0.2) is 41.8 Å². The maximum Gasteiger partial charge on any atom is 1.00 e. The molecule has 0 atom stereocenters. The topological polar surface area (TPSA) is 72.8 Å².